The Morgan fingerprint density at radius 2 is 1.40 bits per heavy atom. The Bertz CT molecular complexity index is 973. The molecular weight excluding hydrogens is 438 g/mol. The first kappa shape index (κ1) is 24.1. The first-order valence-corrected chi connectivity index (χ1v) is 13.3. The van der Waals surface area contributed by atoms with Crippen molar-refractivity contribution in [2.45, 2.75) is 82.6 Å². The second kappa shape index (κ2) is 9.77. The zero-order chi connectivity index (χ0) is 24.5. The monoisotopic (exact) mass is 476 g/mol. The van der Waals surface area contributed by atoms with Gasteiger partial charge in [0, 0.05) is 56.1 Å². The highest BCUT2D eigenvalue weighted by Crippen LogP contribution is 2.47. The van der Waals surface area contributed by atoms with Crippen LogP contribution in [0.2, 0.25) is 0 Å². The molecule has 0 saturated carbocycles. The SMILES string of the molecule is CC(C)CC(=O)OC(C(=O)OC1CC2CCC(C1)[N+]21CCCC1)(c1ccccc1)c1ccccc1. The number of piperidine rings is 1. The minimum atomic E-state index is -1.62. The number of esters is 2. The van der Waals surface area contributed by atoms with Gasteiger partial charge in [-0.2, -0.15) is 0 Å². The van der Waals surface area contributed by atoms with Gasteiger partial charge in [-0.05, 0) is 5.92 Å². The van der Waals surface area contributed by atoms with Crippen molar-refractivity contribution in [3.63, 3.8) is 0 Å². The Morgan fingerprint density at radius 1 is 0.886 bits per heavy atom. The van der Waals surface area contributed by atoms with E-state index in [1.54, 1.807) is 0 Å². The lowest BCUT2D eigenvalue weighted by atomic mass is 9.85. The zero-order valence-electron chi connectivity index (χ0n) is 21.0. The number of carbonyl (C=O) groups is 2. The van der Waals surface area contributed by atoms with E-state index in [0.717, 1.165) is 12.8 Å². The molecule has 3 aliphatic rings. The Hall–Kier alpha value is -2.66. The number of nitrogens with zero attached hydrogens (tertiary/aromatic N) is 1. The summed E-state index contributed by atoms with van der Waals surface area (Å²) in [7, 11) is 0. The predicted molar refractivity (Wildman–Crippen MR) is 134 cm³/mol. The van der Waals surface area contributed by atoms with Gasteiger partial charge in [0.05, 0.1) is 25.2 Å². The maximum absolute atomic E-state index is 14.2. The van der Waals surface area contributed by atoms with Gasteiger partial charge in [0.15, 0.2) is 0 Å². The van der Waals surface area contributed by atoms with Gasteiger partial charge in [-0.15, -0.1) is 0 Å². The van der Waals surface area contributed by atoms with Crippen LogP contribution in [0.15, 0.2) is 60.7 Å². The summed E-state index contributed by atoms with van der Waals surface area (Å²) < 4.78 is 13.7. The summed E-state index contributed by atoms with van der Waals surface area (Å²) in [4.78, 5) is 27.3. The minimum absolute atomic E-state index is 0.122. The molecule has 0 radical (unpaired) electrons. The number of hydrogen-bond donors (Lipinski definition) is 0. The quantitative estimate of drug-likeness (QED) is 0.398. The molecular formula is C30H38NO4+. The van der Waals surface area contributed by atoms with Crippen molar-refractivity contribution in [2.75, 3.05) is 13.1 Å². The lowest BCUT2D eigenvalue weighted by Gasteiger charge is -2.47. The van der Waals surface area contributed by atoms with Gasteiger partial charge in [-0.25, -0.2) is 4.79 Å². The van der Waals surface area contributed by atoms with Crippen molar-refractivity contribution >= 4 is 11.9 Å². The van der Waals surface area contributed by atoms with Crippen LogP contribution in [0.25, 0.3) is 0 Å². The van der Waals surface area contributed by atoms with Crippen molar-refractivity contribution in [1.82, 2.24) is 0 Å². The van der Waals surface area contributed by atoms with Crippen LogP contribution < -0.4 is 0 Å². The van der Waals surface area contributed by atoms with Gasteiger partial charge in [0.1, 0.15) is 6.10 Å². The number of quaternary nitrogens is 1. The van der Waals surface area contributed by atoms with Crippen LogP contribution in [0.4, 0.5) is 0 Å². The maximum Gasteiger partial charge on any atom is 0.360 e. The number of benzene rings is 2. The molecule has 5 rings (SSSR count). The second-order valence-electron chi connectivity index (χ2n) is 11.1. The number of rotatable bonds is 7. The molecule has 5 heteroatoms. The molecule has 2 aromatic rings. The molecule has 35 heavy (non-hydrogen) atoms. The third kappa shape index (κ3) is 4.40. The van der Waals surface area contributed by atoms with E-state index < -0.39 is 17.5 Å². The predicted octanol–water partition coefficient (Wildman–Crippen LogP) is 5.37. The topological polar surface area (TPSA) is 52.6 Å². The van der Waals surface area contributed by atoms with Crippen LogP contribution in [0.1, 0.15) is 69.9 Å². The molecule has 2 bridgehead atoms. The Kier molecular flexibility index (Phi) is 6.71. The Balaban J connectivity index is 1.48. The average molecular weight is 477 g/mol. The number of ether oxygens (including phenoxy) is 2. The van der Waals surface area contributed by atoms with E-state index in [4.69, 9.17) is 9.47 Å². The highest BCUT2D eigenvalue weighted by Gasteiger charge is 2.57. The number of carbonyl (C=O) groups excluding carboxylic acids is 2. The summed E-state index contributed by atoms with van der Waals surface area (Å²) in [5.74, 6) is -0.752. The van der Waals surface area contributed by atoms with E-state index in [1.807, 2.05) is 74.5 Å². The maximum atomic E-state index is 14.2. The standard InChI is InChI=1S/C30H38NO4/c1-22(2)19-28(32)35-30(23-11-5-3-6-12-23,24-13-7-4-8-14-24)29(33)34-27-20-25-15-16-26(21-27)31(25)17-9-10-18-31/h3-8,11-14,22,25-27H,9-10,15-21H2,1-2H3/q+1. The Morgan fingerprint density at radius 3 is 1.89 bits per heavy atom. The van der Waals surface area contributed by atoms with Crippen LogP contribution in [-0.4, -0.2) is 47.7 Å². The fourth-order valence-electron chi connectivity index (χ4n) is 6.99. The van der Waals surface area contributed by atoms with Crippen molar-refractivity contribution < 1.29 is 23.5 Å². The zero-order valence-corrected chi connectivity index (χ0v) is 21.0. The van der Waals surface area contributed by atoms with Crippen LogP contribution in [-0.2, 0) is 24.7 Å². The number of hydrogen-bond acceptors (Lipinski definition) is 4. The molecule has 0 amide bonds. The summed E-state index contributed by atoms with van der Waals surface area (Å²) in [6.45, 7) is 6.50. The molecule has 0 aromatic heterocycles. The van der Waals surface area contributed by atoms with Crippen molar-refractivity contribution in [2.24, 2.45) is 5.92 Å². The molecule has 0 aliphatic carbocycles. The minimum Gasteiger partial charge on any atom is -0.458 e. The van der Waals surface area contributed by atoms with E-state index in [2.05, 4.69) is 0 Å². The molecule has 3 fully saturated rings. The van der Waals surface area contributed by atoms with Gasteiger partial charge < -0.3 is 14.0 Å². The van der Waals surface area contributed by atoms with Crippen LogP contribution in [0.5, 0.6) is 0 Å². The molecule has 3 heterocycles. The van der Waals surface area contributed by atoms with E-state index in [9.17, 15) is 9.59 Å². The van der Waals surface area contributed by atoms with Crippen molar-refractivity contribution in [3.8, 4) is 0 Å². The highest BCUT2D eigenvalue weighted by atomic mass is 16.6. The normalized spacial score (nSPS) is 25.1. The fourth-order valence-corrected chi connectivity index (χ4v) is 6.99. The molecule has 3 saturated heterocycles. The summed E-state index contributed by atoms with van der Waals surface area (Å²) in [5, 5.41) is 0. The van der Waals surface area contributed by atoms with E-state index >= 15 is 0 Å². The van der Waals surface area contributed by atoms with Gasteiger partial charge >= 0.3 is 11.9 Å². The molecule has 2 atom stereocenters. The van der Waals surface area contributed by atoms with E-state index in [-0.39, 0.29) is 18.4 Å². The van der Waals surface area contributed by atoms with Crippen molar-refractivity contribution in [1.29, 1.82) is 0 Å². The molecule has 2 unspecified atom stereocenters. The lowest BCUT2D eigenvalue weighted by Crippen LogP contribution is -2.60. The average Bonchev–Trinajstić information content (AvgIpc) is 3.39. The first-order chi connectivity index (χ1) is 16.9. The third-order valence-corrected chi connectivity index (χ3v) is 8.52. The lowest BCUT2D eigenvalue weighted by molar-refractivity contribution is -0.956. The fraction of sp³-hybridized carbons (Fsp3) is 0.533. The third-order valence-electron chi connectivity index (χ3n) is 8.52. The Labute approximate surface area is 209 Å². The molecule has 0 N–H and O–H groups in total. The second-order valence-corrected chi connectivity index (χ2v) is 11.1. The molecule has 186 valence electrons. The smallest absolute Gasteiger partial charge is 0.360 e. The largest absolute Gasteiger partial charge is 0.458 e. The van der Waals surface area contributed by atoms with Gasteiger partial charge in [0.25, 0.3) is 5.60 Å². The molecule has 3 aliphatic heterocycles. The summed E-state index contributed by atoms with van der Waals surface area (Å²) in [5.41, 5.74) is -0.379. The molecule has 2 aromatic carbocycles. The van der Waals surface area contributed by atoms with E-state index in [0.29, 0.717) is 23.2 Å². The molecule has 5 nitrogen and oxygen atoms in total. The van der Waals surface area contributed by atoms with Crippen LogP contribution in [0.3, 0.4) is 0 Å². The first-order valence-electron chi connectivity index (χ1n) is 13.3. The summed E-state index contributed by atoms with van der Waals surface area (Å²) in [6.07, 6.45) is 6.99. The highest BCUT2D eigenvalue weighted by molar-refractivity contribution is 5.89. The molecule has 1 spiro atoms. The summed E-state index contributed by atoms with van der Waals surface area (Å²) >= 11 is 0. The van der Waals surface area contributed by atoms with Crippen LogP contribution in [0, 0.1) is 5.92 Å². The van der Waals surface area contributed by atoms with Crippen LogP contribution >= 0.6 is 0 Å². The van der Waals surface area contributed by atoms with Gasteiger partial charge in [-0.1, -0.05) is 74.5 Å². The summed E-state index contributed by atoms with van der Waals surface area (Å²) in [6, 6.07) is 19.9. The van der Waals surface area contributed by atoms with Gasteiger partial charge in [-0.3, -0.25) is 4.79 Å². The van der Waals surface area contributed by atoms with Gasteiger partial charge in [0.2, 0.25) is 0 Å². The van der Waals surface area contributed by atoms with Crippen molar-refractivity contribution in [3.05, 3.63) is 71.8 Å². The van der Waals surface area contributed by atoms with E-state index in [1.165, 1.54) is 43.3 Å².